The maximum atomic E-state index is 10.7. The summed E-state index contributed by atoms with van der Waals surface area (Å²) < 4.78 is 4.72. The van der Waals surface area contributed by atoms with Gasteiger partial charge in [-0.3, -0.25) is 4.79 Å². The number of carbonyl (C=O) groups excluding carboxylic acids is 1. The van der Waals surface area contributed by atoms with Gasteiger partial charge >= 0.3 is 5.97 Å². The van der Waals surface area contributed by atoms with Gasteiger partial charge in [-0.15, -0.1) is 0 Å². The van der Waals surface area contributed by atoms with E-state index in [2.05, 4.69) is 0 Å². The van der Waals surface area contributed by atoms with Crippen molar-refractivity contribution in [3.05, 3.63) is 0 Å². The Morgan fingerprint density at radius 2 is 2.44 bits per heavy atom. The van der Waals surface area contributed by atoms with Crippen molar-refractivity contribution in [1.29, 1.82) is 0 Å². The second-order valence-electron chi connectivity index (χ2n) is 2.26. The van der Waals surface area contributed by atoms with Gasteiger partial charge in [0.1, 0.15) is 0 Å². The number of esters is 1. The lowest BCUT2D eigenvalue weighted by molar-refractivity contribution is -0.144. The minimum absolute atomic E-state index is 0.00458. The van der Waals surface area contributed by atoms with E-state index in [0.29, 0.717) is 6.61 Å². The molecule has 1 rings (SSSR count). The molecule has 1 saturated carbocycles. The van der Waals surface area contributed by atoms with E-state index in [1.54, 1.807) is 6.92 Å². The molecular weight excluding hydrogens is 118 g/mol. The maximum absolute atomic E-state index is 10.7. The van der Waals surface area contributed by atoms with Crippen LogP contribution in [-0.2, 0) is 9.53 Å². The summed E-state index contributed by atoms with van der Waals surface area (Å²) in [7, 11) is 0. The van der Waals surface area contributed by atoms with Crippen molar-refractivity contribution in [1.82, 2.24) is 0 Å². The predicted octanol–water partition coefficient (Wildman–Crippen LogP) is -0.103. The van der Waals surface area contributed by atoms with E-state index in [0.717, 1.165) is 6.42 Å². The Hall–Kier alpha value is -0.570. The Balaban J connectivity index is 2.20. The molecule has 0 saturated heterocycles. The summed E-state index contributed by atoms with van der Waals surface area (Å²) in [6.45, 7) is 2.26. The molecule has 0 heterocycles. The molecule has 0 radical (unpaired) electrons. The van der Waals surface area contributed by atoms with E-state index >= 15 is 0 Å². The minimum Gasteiger partial charge on any atom is -0.466 e. The molecule has 0 amide bonds. The highest BCUT2D eigenvalue weighted by Crippen LogP contribution is 2.28. The summed E-state index contributed by atoms with van der Waals surface area (Å²) >= 11 is 0. The molecule has 3 nitrogen and oxygen atoms in total. The fourth-order valence-corrected chi connectivity index (χ4v) is 0.735. The molecule has 1 aliphatic carbocycles. The highest BCUT2D eigenvalue weighted by atomic mass is 16.5. The Bertz CT molecular complexity index is 124. The van der Waals surface area contributed by atoms with Crippen LogP contribution in [-0.4, -0.2) is 18.6 Å². The van der Waals surface area contributed by atoms with Crippen molar-refractivity contribution < 1.29 is 9.53 Å². The van der Waals surface area contributed by atoms with Gasteiger partial charge in [0.25, 0.3) is 0 Å². The summed E-state index contributed by atoms with van der Waals surface area (Å²) in [4.78, 5) is 10.7. The van der Waals surface area contributed by atoms with Gasteiger partial charge in [-0.1, -0.05) is 0 Å². The van der Waals surface area contributed by atoms with E-state index in [1.165, 1.54) is 0 Å². The van der Waals surface area contributed by atoms with Gasteiger partial charge in [-0.05, 0) is 13.3 Å². The average molecular weight is 129 g/mol. The molecule has 2 N–H and O–H groups in total. The van der Waals surface area contributed by atoms with Crippen LogP contribution in [0.25, 0.3) is 0 Å². The minimum atomic E-state index is -0.134. The van der Waals surface area contributed by atoms with Gasteiger partial charge in [-0.25, -0.2) is 0 Å². The molecular formula is C6H11NO2. The number of hydrogen-bond donors (Lipinski definition) is 1. The van der Waals surface area contributed by atoms with Crippen molar-refractivity contribution >= 4 is 5.97 Å². The molecule has 9 heavy (non-hydrogen) atoms. The predicted molar refractivity (Wildman–Crippen MR) is 32.7 cm³/mol. The van der Waals surface area contributed by atoms with Crippen LogP contribution in [0.3, 0.4) is 0 Å². The zero-order valence-corrected chi connectivity index (χ0v) is 5.46. The van der Waals surface area contributed by atoms with Crippen LogP contribution in [0.1, 0.15) is 13.3 Å². The van der Waals surface area contributed by atoms with Crippen LogP contribution in [0, 0.1) is 5.92 Å². The van der Waals surface area contributed by atoms with E-state index in [4.69, 9.17) is 10.5 Å². The lowest BCUT2D eigenvalue weighted by Crippen LogP contribution is -2.13. The first-order valence-electron chi connectivity index (χ1n) is 3.18. The van der Waals surface area contributed by atoms with Crippen molar-refractivity contribution in [3.63, 3.8) is 0 Å². The van der Waals surface area contributed by atoms with Crippen molar-refractivity contribution in [2.75, 3.05) is 6.61 Å². The molecule has 3 heteroatoms. The molecule has 0 aliphatic heterocycles. The number of rotatable bonds is 2. The number of nitrogens with two attached hydrogens (primary N) is 1. The SMILES string of the molecule is CCOC(=O)[C@@H]1C[C@@H]1N. The average Bonchev–Trinajstić information content (AvgIpc) is 2.47. The molecule has 52 valence electrons. The highest BCUT2D eigenvalue weighted by Gasteiger charge is 2.41. The molecule has 0 unspecified atom stereocenters. The Morgan fingerprint density at radius 1 is 1.89 bits per heavy atom. The van der Waals surface area contributed by atoms with Crippen LogP contribution in [0.4, 0.5) is 0 Å². The van der Waals surface area contributed by atoms with Crippen molar-refractivity contribution in [2.24, 2.45) is 11.7 Å². The van der Waals surface area contributed by atoms with Crippen molar-refractivity contribution in [3.8, 4) is 0 Å². The van der Waals surface area contributed by atoms with E-state index in [1.807, 2.05) is 0 Å². The third-order valence-corrected chi connectivity index (χ3v) is 1.43. The fourth-order valence-electron chi connectivity index (χ4n) is 0.735. The second-order valence-corrected chi connectivity index (χ2v) is 2.26. The normalized spacial score (nSPS) is 31.8. The first kappa shape index (κ1) is 6.55. The second kappa shape index (κ2) is 2.35. The van der Waals surface area contributed by atoms with Gasteiger partial charge in [0.15, 0.2) is 0 Å². The highest BCUT2D eigenvalue weighted by molar-refractivity contribution is 5.76. The number of hydrogen-bond acceptors (Lipinski definition) is 3. The van der Waals surface area contributed by atoms with Crippen LogP contribution in [0.15, 0.2) is 0 Å². The lowest BCUT2D eigenvalue weighted by atomic mass is 10.4. The topological polar surface area (TPSA) is 52.3 Å². The van der Waals surface area contributed by atoms with Gasteiger partial charge < -0.3 is 10.5 Å². The largest absolute Gasteiger partial charge is 0.466 e. The van der Waals surface area contributed by atoms with Crippen LogP contribution < -0.4 is 5.73 Å². The quantitative estimate of drug-likeness (QED) is 0.529. The van der Waals surface area contributed by atoms with Crippen LogP contribution >= 0.6 is 0 Å². The fraction of sp³-hybridized carbons (Fsp3) is 0.833. The number of ether oxygens (including phenoxy) is 1. The van der Waals surface area contributed by atoms with Crippen LogP contribution in [0.5, 0.6) is 0 Å². The molecule has 1 fully saturated rings. The summed E-state index contributed by atoms with van der Waals surface area (Å²) in [5.74, 6) is -0.130. The summed E-state index contributed by atoms with van der Waals surface area (Å²) in [5, 5.41) is 0. The van der Waals surface area contributed by atoms with E-state index < -0.39 is 0 Å². The Kier molecular flexibility index (Phi) is 1.71. The monoisotopic (exact) mass is 129 g/mol. The summed E-state index contributed by atoms with van der Waals surface area (Å²) in [6.07, 6.45) is 0.804. The third-order valence-electron chi connectivity index (χ3n) is 1.43. The smallest absolute Gasteiger partial charge is 0.310 e. The first-order valence-corrected chi connectivity index (χ1v) is 3.18. The summed E-state index contributed by atoms with van der Waals surface area (Å²) in [6, 6.07) is 0.0732. The number of carbonyl (C=O) groups is 1. The molecule has 0 aromatic heterocycles. The zero-order valence-electron chi connectivity index (χ0n) is 5.46. The van der Waals surface area contributed by atoms with Gasteiger partial charge in [-0.2, -0.15) is 0 Å². The molecule has 0 aromatic carbocycles. The maximum Gasteiger partial charge on any atom is 0.310 e. The zero-order chi connectivity index (χ0) is 6.85. The molecule has 0 aromatic rings. The Labute approximate surface area is 54.2 Å². The van der Waals surface area contributed by atoms with Gasteiger partial charge in [0.2, 0.25) is 0 Å². The van der Waals surface area contributed by atoms with E-state index in [9.17, 15) is 4.79 Å². The van der Waals surface area contributed by atoms with Gasteiger partial charge in [0, 0.05) is 6.04 Å². The third kappa shape index (κ3) is 1.42. The molecule has 2 atom stereocenters. The molecule has 1 aliphatic rings. The van der Waals surface area contributed by atoms with Crippen LogP contribution in [0.2, 0.25) is 0 Å². The molecule has 0 spiro atoms. The summed E-state index contributed by atoms with van der Waals surface area (Å²) in [5.41, 5.74) is 5.40. The first-order chi connectivity index (χ1) is 4.25. The standard InChI is InChI=1S/C6H11NO2/c1-2-9-6(8)4-3-5(4)7/h4-5H,2-3,7H2,1H3/t4-,5+/m1/s1. The van der Waals surface area contributed by atoms with E-state index in [-0.39, 0.29) is 17.9 Å². The van der Waals surface area contributed by atoms with Crippen molar-refractivity contribution in [2.45, 2.75) is 19.4 Å². The Morgan fingerprint density at radius 3 is 2.78 bits per heavy atom. The molecule has 0 bridgehead atoms. The van der Waals surface area contributed by atoms with Gasteiger partial charge in [0.05, 0.1) is 12.5 Å². The lowest BCUT2D eigenvalue weighted by Gasteiger charge is -1.96.